The number of likely N-dealkylation sites (tertiary alicyclic amines) is 1. The highest BCUT2D eigenvalue weighted by Crippen LogP contribution is 2.19. The molecule has 0 saturated carbocycles. The third-order valence-electron chi connectivity index (χ3n) is 3.81. The summed E-state index contributed by atoms with van der Waals surface area (Å²) in [4.78, 5) is 32.9. The fraction of sp³-hybridized carbons (Fsp3) is 0.571. The second-order valence-corrected chi connectivity index (χ2v) is 6.62. The van der Waals surface area contributed by atoms with Crippen LogP contribution < -0.4 is 10.9 Å². The maximum Gasteiger partial charge on any atom is 0.263 e. The Hall–Kier alpha value is -2.38. The van der Waals surface area contributed by atoms with Crippen LogP contribution in [-0.4, -0.2) is 50.2 Å². The summed E-state index contributed by atoms with van der Waals surface area (Å²) in [5.74, 6) is 0.309. The normalized spacial score (nSPS) is 19.2. The van der Waals surface area contributed by atoms with Crippen LogP contribution in [0, 0.1) is 0 Å². The van der Waals surface area contributed by atoms with Crippen molar-refractivity contribution in [2.45, 2.75) is 38.8 Å². The van der Waals surface area contributed by atoms with Crippen molar-refractivity contribution in [3.05, 3.63) is 16.6 Å². The zero-order valence-corrected chi connectivity index (χ0v) is 13.2. The Labute approximate surface area is 127 Å². The Balaban J connectivity index is 2.01. The van der Waals surface area contributed by atoms with Gasteiger partial charge in [0.2, 0.25) is 11.9 Å². The molecule has 0 bridgehead atoms. The number of carbonyl (C=O) groups is 1. The molecule has 0 aromatic carbocycles. The number of hydrogen-bond acceptors (Lipinski definition) is 5. The lowest BCUT2D eigenvalue weighted by atomic mass is 10.1. The Morgan fingerprint density at radius 2 is 2.09 bits per heavy atom. The molecular formula is C14H20N6O2. The van der Waals surface area contributed by atoms with E-state index in [0.29, 0.717) is 29.9 Å². The van der Waals surface area contributed by atoms with E-state index in [9.17, 15) is 9.59 Å². The zero-order chi connectivity index (χ0) is 16.1. The van der Waals surface area contributed by atoms with Crippen LogP contribution in [0.5, 0.6) is 0 Å². The number of nitrogens with zero attached hydrogens (tertiary/aromatic N) is 4. The number of carbonyl (C=O) groups excluding carboxylic acids is 1. The van der Waals surface area contributed by atoms with Crippen molar-refractivity contribution in [3.63, 3.8) is 0 Å². The number of amides is 1. The van der Waals surface area contributed by atoms with Crippen molar-refractivity contribution < 1.29 is 4.79 Å². The number of nitrogens with one attached hydrogen (secondary N) is 2. The highest BCUT2D eigenvalue weighted by molar-refractivity contribution is 5.86. The number of hydrogen-bond donors (Lipinski definition) is 2. The largest absolute Gasteiger partial charge is 0.344 e. The van der Waals surface area contributed by atoms with E-state index in [1.807, 2.05) is 20.8 Å². The van der Waals surface area contributed by atoms with E-state index in [4.69, 9.17) is 0 Å². The second kappa shape index (κ2) is 4.82. The molecule has 0 radical (unpaired) electrons. The molecule has 1 aliphatic heterocycles. The highest BCUT2D eigenvalue weighted by Gasteiger charge is 2.29. The first-order valence-corrected chi connectivity index (χ1v) is 7.27. The average molecular weight is 304 g/mol. The predicted octanol–water partition coefficient (Wildman–Crippen LogP) is 0.517. The summed E-state index contributed by atoms with van der Waals surface area (Å²) in [5.41, 5.74) is -0.0391. The smallest absolute Gasteiger partial charge is 0.263 e. The van der Waals surface area contributed by atoms with Gasteiger partial charge >= 0.3 is 0 Å². The molecule has 1 saturated heterocycles. The van der Waals surface area contributed by atoms with Gasteiger partial charge in [0.05, 0.1) is 11.7 Å². The third kappa shape index (κ3) is 2.34. The van der Waals surface area contributed by atoms with Crippen molar-refractivity contribution in [1.82, 2.24) is 24.6 Å². The highest BCUT2D eigenvalue weighted by atomic mass is 16.2. The van der Waals surface area contributed by atoms with Gasteiger partial charge in [0.25, 0.3) is 5.56 Å². The quantitative estimate of drug-likeness (QED) is 0.843. The van der Waals surface area contributed by atoms with Gasteiger partial charge in [0.1, 0.15) is 11.4 Å². The summed E-state index contributed by atoms with van der Waals surface area (Å²) in [5, 5.41) is 7.72. The molecule has 1 amide bonds. The summed E-state index contributed by atoms with van der Waals surface area (Å²) in [7, 11) is 1.76. The molecule has 1 aliphatic rings. The first-order valence-electron chi connectivity index (χ1n) is 7.27. The van der Waals surface area contributed by atoms with E-state index >= 15 is 0 Å². The molecule has 8 heteroatoms. The Morgan fingerprint density at radius 3 is 2.68 bits per heavy atom. The summed E-state index contributed by atoms with van der Waals surface area (Å²) in [6.07, 6.45) is 2.21. The van der Waals surface area contributed by atoms with Gasteiger partial charge in [-0.05, 0) is 27.2 Å². The molecule has 0 spiro atoms. The minimum atomic E-state index is -0.350. The fourth-order valence-electron chi connectivity index (χ4n) is 2.60. The minimum Gasteiger partial charge on any atom is -0.344 e. The van der Waals surface area contributed by atoms with Crippen molar-refractivity contribution >= 4 is 22.9 Å². The van der Waals surface area contributed by atoms with E-state index in [0.717, 1.165) is 0 Å². The van der Waals surface area contributed by atoms with Crippen molar-refractivity contribution in [2.75, 3.05) is 18.9 Å². The predicted molar refractivity (Wildman–Crippen MR) is 82.8 cm³/mol. The Morgan fingerprint density at radius 1 is 1.36 bits per heavy atom. The standard InChI is InChI=1S/C14H20N6O2/c1-14(2,3)20-10-8(7-15-20)11(21)18-13(17-10)16-9-5-6-19(4)12(9)22/h7,9H,5-6H2,1-4H3,(H2,16,17,18,21). The lowest BCUT2D eigenvalue weighted by molar-refractivity contribution is -0.127. The van der Waals surface area contributed by atoms with E-state index in [2.05, 4.69) is 20.4 Å². The van der Waals surface area contributed by atoms with Gasteiger partial charge in [0.15, 0.2) is 5.65 Å². The Bertz CT molecular complexity index is 785. The molecule has 1 fully saturated rings. The molecule has 2 N–H and O–H groups in total. The fourth-order valence-corrected chi connectivity index (χ4v) is 2.60. The monoisotopic (exact) mass is 304 g/mol. The van der Waals surface area contributed by atoms with E-state index in [-0.39, 0.29) is 23.0 Å². The molecule has 1 atom stereocenters. The van der Waals surface area contributed by atoms with Crippen molar-refractivity contribution in [2.24, 2.45) is 0 Å². The van der Waals surface area contributed by atoms with Gasteiger partial charge in [-0.2, -0.15) is 10.1 Å². The number of rotatable bonds is 2. The molecule has 2 aromatic rings. The molecule has 2 aromatic heterocycles. The second-order valence-electron chi connectivity index (χ2n) is 6.62. The number of aromatic nitrogens is 4. The van der Waals surface area contributed by atoms with Crippen LogP contribution in [0.1, 0.15) is 27.2 Å². The average Bonchev–Trinajstić information content (AvgIpc) is 2.97. The van der Waals surface area contributed by atoms with Gasteiger partial charge in [-0.25, -0.2) is 4.68 Å². The first kappa shape index (κ1) is 14.6. The van der Waals surface area contributed by atoms with Gasteiger partial charge in [0, 0.05) is 13.6 Å². The van der Waals surface area contributed by atoms with E-state index < -0.39 is 0 Å². The zero-order valence-electron chi connectivity index (χ0n) is 13.2. The molecule has 3 heterocycles. The molecule has 3 rings (SSSR count). The van der Waals surface area contributed by atoms with Crippen LogP contribution in [0.4, 0.5) is 5.95 Å². The minimum absolute atomic E-state index is 0.00655. The SMILES string of the molecule is CN1CCC(Nc2nc3c(cnn3C(C)(C)C)c(=O)[nH]2)C1=O. The number of likely N-dealkylation sites (N-methyl/N-ethyl adjacent to an activating group) is 1. The molecule has 1 unspecified atom stereocenters. The molecule has 118 valence electrons. The first-order chi connectivity index (χ1) is 10.3. The number of anilines is 1. The lowest BCUT2D eigenvalue weighted by Crippen LogP contribution is -2.32. The summed E-state index contributed by atoms with van der Waals surface area (Å²) >= 11 is 0. The topological polar surface area (TPSA) is 95.9 Å². The number of fused-ring (bicyclic) bond motifs is 1. The molecular weight excluding hydrogens is 284 g/mol. The Kier molecular flexibility index (Phi) is 3.19. The molecule has 22 heavy (non-hydrogen) atoms. The van der Waals surface area contributed by atoms with Crippen molar-refractivity contribution in [3.8, 4) is 0 Å². The van der Waals surface area contributed by atoms with Crippen LogP contribution in [-0.2, 0) is 10.3 Å². The van der Waals surface area contributed by atoms with Crippen LogP contribution in [0.2, 0.25) is 0 Å². The number of H-pyrrole nitrogens is 1. The van der Waals surface area contributed by atoms with Crippen LogP contribution in [0.15, 0.2) is 11.0 Å². The number of aromatic amines is 1. The van der Waals surface area contributed by atoms with Gasteiger partial charge < -0.3 is 10.2 Å². The van der Waals surface area contributed by atoms with Gasteiger partial charge in [-0.1, -0.05) is 0 Å². The van der Waals surface area contributed by atoms with Crippen molar-refractivity contribution in [1.29, 1.82) is 0 Å². The third-order valence-corrected chi connectivity index (χ3v) is 3.81. The van der Waals surface area contributed by atoms with Crippen LogP contribution in [0.3, 0.4) is 0 Å². The maximum absolute atomic E-state index is 12.2. The van der Waals surface area contributed by atoms with Gasteiger partial charge in [-0.3, -0.25) is 14.6 Å². The summed E-state index contributed by atoms with van der Waals surface area (Å²) in [6, 6.07) is -0.350. The maximum atomic E-state index is 12.2. The van der Waals surface area contributed by atoms with Crippen LogP contribution in [0.25, 0.3) is 11.0 Å². The van der Waals surface area contributed by atoms with Gasteiger partial charge in [-0.15, -0.1) is 0 Å². The molecule has 8 nitrogen and oxygen atoms in total. The summed E-state index contributed by atoms with van der Waals surface area (Å²) < 4.78 is 1.71. The van der Waals surface area contributed by atoms with E-state index in [1.165, 1.54) is 6.20 Å². The molecule has 0 aliphatic carbocycles. The van der Waals surface area contributed by atoms with E-state index in [1.54, 1.807) is 16.6 Å². The lowest BCUT2D eigenvalue weighted by Gasteiger charge is -2.20. The summed E-state index contributed by atoms with van der Waals surface area (Å²) in [6.45, 7) is 6.67. The van der Waals surface area contributed by atoms with Crippen LogP contribution >= 0.6 is 0 Å².